The van der Waals surface area contributed by atoms with E-state index in [9.17, 15) is 5.11 Å². The summed E-state index contributed by atoms with van der Waals surface area (Å²) in [5, 5.41) is 12.4. The van der Waals surface area contributed by atoms with Crippen molar-refractivity contribution in [1.29, 1.82) is 0 Å². The highest BCUT2D eigenvalue weighted by molar-refractivity contribution is 9.10. The fourth-order valence-electron chi connectivity index (χ4n) is 1.39. The van der Waals surface area contributed by atoms with Gasteiger partial charge in [0.2, 0.25) is 0 Å². The Balaban J connectivity index is 2.86. The van der Waals surface area contributed by atoms with Gasteiger partial charge in [-0.05, 0) is 53.9 Å². The summed E-state index contributed by atoms with van der Waals surface area (Å²) in [4.78, 5) is 0. The monoisotopic (exact) mass is 257 g/mol. The van der Waals surface area contributed by atoms with Crippen molar-refractivity contribution < 1.29 is 5.11 Å². The molecule has 0 saturated carbocycles. The molecule has 0 radical (unpaired) electrons. The van der Waals surface area contributed by atoms with Crippen molar-refractivity contribution in [2.45, 2.75) is 26.9 Å². The lowest BCUT2D eigenvalue weighted by molar-refractivity contribution is 0.208. The number of hydrogen-bond donors (Lipinski definition) is 2. The van der Waals surface area contributed by atoms with E-state index in [4.69, 9.17) is 0 Å². The normalized spacial score (nSPS) is 12.6. The predicted octanol–water partition coefficient (Wildman–Crippen LogP) is 2.86. The van der Waals surface area contributed by atoms with Gasteiger partial charge in [-0.2, -0.15) is 0 Å². The zero-order valence-electron chi connectivity index (χ0n) is 8.76. The Morgan fingerprint density at radius 2 is 2.07 bits per heavy atom. The number of aliphatic hydroxyl groups excluding tert-OH is 1. The van der Waals surface area contributed by atoms with E-state index in [0.717, 1.165) is 10.2 Å². The number of benzene rings is 1. The smallest absolute Gasteiger partial charge is 0.0684 e. The fourth-order valence-corrected chi connectivity index (χ4v) is 2.20. The molecule has 1 atom stereocenters. The van der Waals surface area contributed by atoms with Crippen LogP contribution < -0.4 is 5.32 Å². The van der Waals surface area contributed by atoms with E-state index in [0.29, 0.717) is 6.54 Å². The summed E-state index contributed by atoms with van der Waals surface area (Å²) in [5.74, 6) is 0. The van der Waals surface area contributed by atoms with Crippen LogP contribution in [0.4, 0.5) is 5.69 Å². The summed E-state index contributed by atoms with van der Waals surface area (Å²) in [6.07, 6.45) is -0.331. The minimum atomic E-state index is -0.331. The minimum absolute atomic E-state index is 0.331. The zero-order chi connectivity index (χ0) is 10.7. The van der Waals surface area contributed by atoms with Crippen LogP contribution in [0.1, 0.15) is 18.1 Å². The van der Waals surface area contributed by atoms with Gasteiger partial charge in [0.15, 0.2) is 0 Å². The molecule has 1 rings (SSSR count). The maximum atomic E-state index is 9.17. The molecule has 78 valence electrons. The molecule has 14 heavy (non-hydrogen) atoms. The van der Waals surface area contributed by atoms with Crippen molar-refractivity contribution in [3.05, 3.63) is 27.7 Å². The molecule has 0 aromatic heterocycles. The molecule has 0 aliphatic heterocycles. The number of rotatable bonds is 3. The Morgan fingerprint density at radius 1 is 1.43 bits per heavy atom. The van der Waals surface area contributed by atoms with Crippen LogP contribution in [-0.2, 0) is 0 Å². The third-order valence-corrected chi connectivity index (χ3v) is 2.63. The second kappa shape index (κ2) is 4.80. The van der Waals surface area contributed by atoms with Crippen LogP contribution in [0, 0.1) is 13.8 Å². The standard InChI is InChI=1S/C11H16BrNO/c1-7-4-8(2)11(10(12)5-7)13-6-9(3)14/h4-5,9,13-14H,6H2,1-3H3/t9-/m0/s1. The minimum Gasteiger partial charge on any atom is -0.392 e. The molecule has 0 aliphatic rings. The van der Waals surface area contributed by atoms with Crippen molar-refractivity contribution in [3.8, 4) is 0 Å². The molecule has 0 fully saturated rings. The summed E-state index contributed by atoms with van der Waals surface area (Å²) in [5.41, 5.74) is 3.49. The zero-order valence-corrected chi connectivity index (χ0v) is 10.4. The fraction of sp³-hybridized carbons (Fsp3) is 0.455. The summed E-state index contributed by atoms with van der Waals surface area (Å²) in [6.45, 7) is 6.46. The average Bonchev–Trinajstić information content (AvgIpc) is 2.01. The second-order valence-electron chi connectivity index (χ2n) is 3.67. The van der Waals surface area contributed by atoms with Crippen LogP contribution in [0.3, 0.4) is 0 Å². The molecule has 1 aromatic rings. The number of hydrogen-bond acceptors (Lipinski definition) is 2. The van der Waals surface area contributed by atoms with Gasteiger partial charge in [0.05, 0.1) is 11.8 Å². The highest BCUT2D eigenvalue weighted by atomic mass is 79.9. The molecular formula is C11H16BrNO. The van der Waals surface area contributed by atoms with E-state index >= 15 is 0 Å². The summed E-state index contributed by atoms with van der Waals surface area (Å²) in [6, 6.07) is 4.19. The van der Waals surface area contributed by atoms with Gasteiger partial charge in [0.1, 0.15) is 0 Å². The number of aryl methyl sites for hydroxylation is 2. The second-order valence-corrected chi connectivity index (χ2v) is 4.52. The van der Waals surface area contributed by atoms with Crippen LogP contribution in [0.2, 0.25) is 0 Å². The van der Waals surface area contributed by atoms with E-state index in [1.165, 1.54) is 11.1 Å². The molecule has 0 aliphatic carbocycles. The lowest BCUT2D eigenvalue weighted by Crippen LogP contribution is -2.16. The first-order chi connectivity index (χ1) is 6.50. The lowest BCUT2D eigenvalue weighted by Gasteiger charge is -2.13. The molecule has 0 heterocycles. The Hall–Kier alpha value is -0.540. The van der Waals surface area contributed by atoms with Gasteiger partial charge < -0.3 is 10.4 Å². The van der Waals surface area contributed by atoms with Crippen molar-refractivity contribution in [2.24, 2.45) is 0 Å². The van der Waals surface area contributed by atoms with E-state index in [-0.39, 0.29) is 6.10 Å². The van der Waals surface area contributed by atoms with Crippen molar-refractivity contribution in [2.75, 3.05) is 11.9 Å². The van der Waals surface area contributed by atoms with Crippen molar-refractivity contribution in [1.82, 2.24) is 0 Å². The van der Waals surface area contributed by atoms with Crippen LogP contribution in [-0.4, -0.2) is 17.8 Å². The molecule has 0 unspecified atom stereocenters. The largest absolute Gasteiger partial charge is 0.392 e. The first kappa shape index (κ1) is 11.5. The molecule has 0 saturated heterocycles. The maximum absolute atomic E-state index is 9.17. The van der Waals surface area contributed by atoms with Gasteiger partial charge in [0.25, 0.3) is 0 Å². The average molecular weight is 258 g/mol. The number of anilines is 1. The van der Waals surface area contributed by atoms with Crippen molar-refractivity contribution in [3.63, 3.8) is 0 Å². The Labute approximate surface area is 93.5 Å². The molecule has 2 nitrogen and oxygen atoms in total. The van der Waals surface area contributed by atoms with Gasteiger partial charge >= 0.3 is 0 Å². The summed E-state index contributed by atoms with van der Waals surface area (Å²) in [7, 11) is 0. The molecule has 0 spiro atoms. The van der Waals surface area contributed by atoms with E-state index in [1.54, 1.807) is 6.92 Å². The Morgan fingerprint density at radius 3 is 2.57 bits per heavy atom. The molecule has 2 N–H and O–H groups in total. The van der Waals surface area contributed by atoms with Gasteiger partial charge in [0, 0.05) is 11.0 Å². The topological polar surface area (TPSA) is 32.3 Å². The van der Waals surface area contributed by atoms with Gasteiger partial charge in [-0.1, -0.05) is 6.07 Å². The highest BCUT2D eigenvalue weighted by Crippen LogP contribution is 2.27. The molecule has 3 heteroatoms. The highest BCUT2D eigenvalue weighted by Gasteiger charge is 2.05. The maximum Gasteiger partial charge on any atom is 0.0684 e. The van der Waals surface area contributed by atoms with Crippen LogP contribution in [0.5, 0.6) is 0 Å². The van der Waals surface area contributed by atoms with E-state index in [1.807, 2.05) is 0 Å². The summed E-state index contributed by atoms with van der Waals surface area (Å²) < 4.78 is 1.05. The first-order valence-electron chi connectivity index (χ1n) is 4.69. The lowest BCUT2D eigenvalue weighted by atomic mass is 10.1. The molecular weight excluding hydrogens is 242 g/mol. The molecule has 1 aromatic carbocycles. The van der Waals surface area contributed by atoms with Crippen molar-refractivity contribution >= 4 is 21.6 Å². The number of nitrogens with one attached hydrogen (secondary N) is 1. The van der Waals surface area contributed by atoms with Gasteiger partial charge in [-0.25, -0.2) is 0 Å². The third-order valence-electron chi connectivity index (χ3n) is 2.01. The Bertz CT molecular complexity index is 300. The van der Waals surface area contributed by atoms with Gasteiger partial charge in [-0.3, -0.25) is 0 Å². The van der Waals surface area contributed by atoms with Crippen LogP contribution in [0.25, 0.3) is 0 Å². The molecule has 0 amide bonds. The Kier molecular flexibility index (Phi) is 3.96. The first-order valence-corrected chi connectivity index (χ1v) is 5.48. The summed E-state index contributed by atoms with van der Waals surface area (Å²) >= 11 is 3.50. The molecule has 0 bridgehead atoms. The quantitative estimate of drug-likeness (QED) is 0.873. The van der Waals surface area contributed by atoms with Gasteiger partial charge in [-0.15, -0.1) is 0 Å². The third kappa shape index (κ3) is 3.00. The van der Waals surface area contributed by atoms with E-state index in [2.05, 4.69) is 47.2 Å². The van der Waals surface area contributed by atoms with E-state index < -0.39 is 0 Å². The number of halogens is 1. The van der Waals surface area contributed by atoms with Crippen LogP contribution in [0.15, 0.2) is 16.6 Å². The van der Waals surface area contributed by atoms with Crippen LogP contribution >= 0.6 is 15.9 Å². The SMILES string of the molecule is Cc1cc(C)c(NC[C@H](C)O)c(Br)c1. The number of aliphatic hydroxyl groups is 1. The predicted molar refractivity (Wildman–Crippen MR) is 63.8 cm³/mol.